The van der Waals surface area contributed by atoms with Crippen LogP contribution in [0.3, 0.4) is 0 Å². The first-order valence-corrected chi connectivity index (χ1v) is 10.1. The van der Waals surface area contributed by atoms with Crippen LogP contribution in [-0.4, -0.2) is 68.3 Å². The van der Waals surface area contributed by atoms with Gasteiger partial charge in [0.1, 0.15) is 11.8 Å². The monoisotopic (exact) mass is 410 g/mol. The maximum absolute atomic E-state index is 12.9. The van der Waals surface area contributed by atoms with Gasteiger partial charge < -0.3 is 24.4 Å². The first-order chi connectivity index (χ1) is 13.5. The number of esters is 2. The SMILES string of the molecule is COC(=O)CC[C@H](NC(=O)N1CCSC[C@@H]1c1ccc(OC)cc1)C(=O)OC. The molecule has 1 N–H and O–H groups in total. The van der Waals surface area contributed by atoms with Crippen LogP contribution in [0.2, 0.25) is 0 Å². The smallest absolute Gasteiger partial charge is 0.328 e. The van der Waals surface area contributed by atoms with Crippen molar-refractivity contribution in [2.24, 2.45) is 0 Å². The van der Waals surface area contributed by atoms with E-state index < -0.39 is 18.0 Å². The first-order valence-electron chi connectivity index (χ1n) is 8.93. The number of rotatable bonds is 7. The zero-order valence-electron chi connectivity index (χ0n) is 16.3. The molecule has 2 atom stereocenters. The summed E-state index contributed by atoms with van der Waals surface area (Å²) in [6, 6.07) is 6.19. The van der Waals surface area contributed by atoms with Crippen LogP contribution in [0.25, 0.3) is 0 Å². The molecule has 0 saturated carbocycles. The van der Waals surface area contributed by atoms with E-state index in [9.17, 15) is 14.4 Å². The number of amides is 2. The molecule has 1 aliphatic heterocycles. The molecular weight excluding hydrogens is 384 g/mol. The van der Waals surface area contributed by atoms with E-state index in [0.29, 0.717) is 6.54 Å². The van der Waals surface area contributed by atoms with E-state index in [2.05, 4.69) is 10.1 Å². The van der Waals surface area contributed by atoms with E-state index >= 15 is 0 Å². The van der Waals surface area contributed by atoms with Gasteiger partial charge in [0.15, 0.2) is 0 Å². The quantitative estimate of drug-likeness (QED) is 0.687. The average molecular weight is 410 g/mol. The molecule has 1 aromatic rings. The van der Waals surface area contributed by atoms with E-state index in [0.717, 1.165) is 22.8 Å². The topological polar surface area (TPSA) is 94.2 Å². The predicted octanol–water partition coefficient (Wildman–Crippen LogP) is 1.99. The minimum Gasteiger partial charge on any atom is -0.497 e. The Hall–Kier alpha value is -2.42. The summed E-state index contributed by atoms with van der Waals surface area (Å²) >= 11 is 1.77. The van der Waals surface area contributed by atoms with Gasteiger partial charge in [-0.25, -0.2) is 9.59 Å². The Morgan fingerprint density at radius 2 is 1.89 bits per heavy atom. The fraction of sp³-hybridized carbons (Fsp3) is 0.526. The lowest BCUT2D eigenvalue weighted by atomic mass is 10.1. The van der Waals surface area contributed by atoms with Crippen molar-refractivity contribution in [3.63, 3.8) is 0 Å². The number of methoxy groups -OCH3 is 3. The molecule has 0 unspecified atom stereocenters. The molecule has 1 aliphatic rings. The second kappa shape index (κ2) is 10.8. The van der Waals surface area contributed by atoms with Crippen molar-refractivity contribution in [1.29, 1.82) is 0 Å². The Kier molecular flexibility index (Phi) is 8.43. The van der Waals surface area contributed by atoms with Gasteiger partial charge in [0, 0.05) is 24.5 Å². The standard InChI is InChI=1S/C19H26N2O6S/c1-25-14-6-4-13(5-7-14)16-12-28-11-10-21(16)19(24)20-15(18(23)27-3)8-9-17(22)26-2/h4-7,15-16H,8-12H2,1-3H3,(H,20,24)/t15-,16+/m0/s1. The van der Waals surface area contributed by atoms with Crippen molar-refractivity contribution in [1.82, 2.24) is 10.2 Å². The number of urea groups is 1. The largest absolute Gasteiger partial charge is 0.497 e. The second-order valence-electron chi connectivity index (χ2n) is 6.20. The highest BCUT2D eigenvalue weighted by Gasteiger charge is 2.31. The summed E-state index contributed by atoms with van der Waals surface area (Å²) in [5, 5.41) is 2.71. The molecule has 0 spiro atoms. The zero-order valence-corrected chi connectivity index (χ0v) is 17.1. The van der Waals surface area contributed by atoms with E-state index in [1.54, 1.807) is 23.8 Å². The van der Waals surface area contributed by atoms with E-state index in [4.69, 9.17) is 9.47 Å². The molecule has 0 aromatic heterocycles. The number of carbonyl (C=O) groups excluding carboxylic acids is 3. The molecule has 0 radical (unpaired) electrons. The average Bonchev–Trinajstić information content (AvgIpc) is 2.75. The van der Waals surface area contributed by atoms with Crippen LogP contribution in [0.1, 0.15) is 24.4 Å². The Morgan fingerprint density at radius 3 is 2.50 bits per heavy atom. The van der Waals surface area contributed by atoms with Crippen LogP contribution in [0.15, 0.2) is 24.3 Å². The van der Waals surface area contributed by atoms with Crippen molar-refractivity contribution < 1.29 is 28.6 Å². The Balaban J connectivity index is 2.10. The van der Waals surface area contributed by atoms with Crippen LogP contribution < -0.4 is 10.1 Å². The van der Waals surface area contributed by atoms with E-state index in [-0.39, 0.29) is 24.9 Å². The van der Waals surface area contributed by atoms with Gasteiger partial charge in [-0.15, -0.1) is 0 Å². The minimum atomic E-state index is -0.914. The second-order valence-corrected chi connectivity index (χ2v) is 7.35. The van der Waals surface area contributed by atoms with Crippen molar-refractivity contribution >= 4 is 29.7 Å². The summed E-state index contributed by atoms with van der Waals surface area (Å²) < 4.78 is 14.6. The predicted molar refractivity (Wildman–Crippen MR) is 105 cm³/mol. The Labute approximate surface area is 168 Å². The number of nitrogens with zero attached hydrogens (tertiary/aromatic N) is 1. The highest BCUT2D eigenvalue weighted by molar-refractivity contribution is 7.99. The van der Waals surface area contributed by atoms with Crippen molar-refractivity contribution in [3.05, 3.63) is 29.8 Å². The maximum Gasteiger partial charge on any atom is 0.328 e. The van der Waals surface area contributed by atoms with Gasteiger partial charge in [0.2, 0.25) is 0 Å². The number of hydrogen-bond acceptors (Lipinski definition) is 7. The van der Waals surface area contributed by atoms with Gasteiger partial charge >= 0.3 is 18.0 Å². The van der Waals surface area contributed by atoms with Gasteiger partial charge in [-0.05, 0) is 24.1 Å². The molecule has 9 heteroatoms. The van der Waals surface area contributed by atoms with Gasteiger partial charge in [-0.3, -0.25) is 4.79 Å². The van der Waals surface area contributed by atoms with E-state index in [1.807, 2.05) is 24.3 Å². The molecule has 1 saturated heterocycles. The summed E-state index contributed by atoms with van der Waals surface area (Å²) in [4.78, 5) is 38.0. The third-order valence-corrected chi connectivity index (χ3v) is 5.56. The van der Waals surface area contributed by atoms with Crippen LogP contribution >= 0.6 is 11.8 Å². The third-order valence-electron chi connectivity index (χ3n) is 4.54. The first kappa shape index (κ1) is 21.9. The van der Waals surface area contributed by atoms with Crippen molar-refractivity contribution in [2.75, 3.05) is 39.4 Å². The van der Waals surface area contributed by atoms with E-state index in [1.165, 1.54) is 14.2 Å². The lowest BCUT2D eigenvalue weighted by Crippen LogP contribution is -2.51. The van der Waals surface area contributed by atoms with Crippen LogP contribution in [0.4, 0.5) is 4.79 Å². The maximum atomic E-state index is 12.9. The summed E-state index contributed by atoms with van der Waals surface area (Å²) in [5.41, 5.74) is 0.993. The van der Waals surface area contributed by atoms with Crippen LogP contribution in [0.5, 0.6) is 5.75 Å². The van der Waals surface area contributed by atoms with Gasteiger partial charge in [0.25, 0.3) is 0 Å². The molecular formula is C19H26N2O6S. The molecule has 1 heterocycles. The fourth-order valence-electron chi connectivity index (χ4n) is 2.94. The normalized spacial score (nSPS) is 17.4. The zero-order chi connectivity index (χ0) is 20.5. The minimum absolute atomic E-state index is 0.00824. The number of carbonyl (C=O) groups is 3. The van der Waals surface area contributed by atoms with Gasteiger partial charge in [-0.1, -0.05) is 12.1 Å². The molecule has 154 valence electrons. The van der Waals surface area contributed by atoms with Crippen molar-refractivity contribution in [3.8, 4) is 5.75 Å². The summed E-state index contributed by atoms with van der Waals surface area (Å²) in [7, 11) is 4.13. The summed E-state index contributed by atoms with van der Waals surface area (Å²) in [5.74, 6) is 1.27. The molecule has 2 amide bonds. The number of benzene rings is 1. The molecule has 28 heavy (non-hydrogen) atoms. The fourth-order valence-corrected chi connectivity index (χ4v) is 4.02. The van der Waals surface area contributed by atoms with Gasteiger partial charge in [-0.2, -0.15) is 11.8 Å². The van der Waals surface area contributed by atoms with Crippen LogP contribution in [-0.2, 0) is 19.1 Å². The highest BCUT2D eigenvalue weighted by atomic mass is 32.2. The molecule has 1 fully saturated rings. The Bertz CT molecular complexity index is 682. The third kappa shape index (κ3) is 5.79. The summed E-state index contributed by atoms with van der Waals surface area (Å²) in [6.45, 7) is 0.554. The molecule has 0 bridgehead atoms. The molecule has 0 aliphatic carbocycles. The van der Waals surface area contributed by atoms with Crippen LogP contribution in [0, 0.1) is 0 Å². The molecule has 1 aromatic carbocycles. The highest BCUT2D eigenvalue weighted by Crippen LogP contribution is 2.30. The van der Waals surface area contributed by atoms with Gasteiger partial charge in [0.05, 0.1) is 27.4 Å². The number of nitrogens with one attached hydrogen (secondary N) is 1. The number of hydrogen-bond donors (Lipinski definition) is 1. The number of ether oxygens (including phenoxy) is 3. The number of thioether (sulfide) groups is 1. The lowest BCUT2D eigenvalue weighted by Gasteiger charge is -2.36. The van der Waals surface area contributed by atoms with Crippen molar-refractivity contribution in [2.45, 2.75) is 24.9 Å². The molecule has 8 nitrogen and oxygen atoms in total. The summed E-state index contributed by atoms with van der Waals surface area (Å²) in [6.07, 6.45) is 0.120. The Morgan fingerprint density at radius 1 is 1.18 bits per heavy atom. The lowest BCUT2D eigenvalue weighted by molar-refractivity contribution is -0.144. The molecule has 2 rings (SSSR count).